The van der Waals surface area contributed by atoms with E-state index >= 15 is 0 Å². The summed E-state index contributed by atoms with van der Waals surface area (Å²) in [6, 6.07) is 2.14. The van der Waals surface area contributed by atoms with Crippen LogP contribution in [0.5, 0.6) is 0 Å². The molecule has 0 atom stereocenters. The average Bonchev–Trinajstić information content (AvgIpc) is 2.56. The van der Waals surface area contributed by atoms with Gasteiger partial charge in [0.25, 0.3) is 0 Å². The van der Waals surface area contributed by atoms with Crippen LogP contribution in [0.2, 0.25) is 0 Å². The van der Waals surface area contributed by atoms with Gasteiger partial charge in [0.05, 0.1) is 5.70 Å². The molecule has 0 aromatic carbocycles. The first-order valence-electron chi connectivity index (χ1n) is 4.52. The predicted molar refractivity (Wildman–Crippen MR) is 64.2 cm³/mol. The Bertz CT molecular complexity index is 330. The second-order valence-electron chi connectivity index (χ2n) is 3.57. The smallest absolute Gasteiger partial charge is 0.164 e. The minimum absolute atomic E-state index is 1.24. The van der Waals surface area contributed by atoms with Gasteiger partial charge >= 0.3 is 0 Å². The van der Waals surface area contributed by atoms with Crippen molar-refractivity contribution in [2.45, 2.75) is 0 Å². The first-order valence-corrected chi connectivity index (χ1v) is 5.47. The fraction of sp³-hybridized carbons (Fsp3) is 0.364. The number of nitrogens with zero attached hydrogens (tertiary/aromatic N) is 2. The summed E-state index contributed by atoms with van der Waals surface area (Å²) >= 11 is 1.72. The van der Waals surface area contributed by atoms with Crippen molar-refractivity contribution in [2.75, 3.05) is 28.2 Å². The molecule has 0 saturated carbocycles. The quantitative estimate of drug-likeness (QED) is 0.545. The summed E-state index contributed by atoms with van der Waals surface area (Å²) in [5, 5.41) is 4.26. The predicted octanol–water partition coefficient (Wildman–Crippen LogP) is 1.99. The Kier molecular flexibility index (Phi) is 3.89. The van der Waals surface area contributed by atoms with Crippen LogP contribution in [-0.4, -0.2) is 43.9 Å². The minimum Gasteiger partial charge on any atom is -0.377 e. The molecule has 0 saturated heterocycles. The van der Waals surface area contributed by atoms with Crippen molar-refractivity contribution < 1.29 is 4.58 Å². The van der Waals surface area contributed by atoms with Crippen LogP contribution in [0, 0.1) is 0 Å². The van der Waals surface area contributed by atoms with Crippen LogP contribution in [-0.2, 0) is 0 Å². The van der Waals surface area contributed by atoms with Crippen molar-refractivity contribution in [1.29, 1.82) is 0 Å². The molecule has 1 aromatic rings. The molecule has 2 nitrogen and oxygen atoms in total. The number of hydrogen-bond acceptors (Lipinski definition) is 2. The molecule has 0 aliphatic heterocycles. The van der Waals surface area contributed by atoms with Gasteiger partial charge in [-0.3, -0.25) is 0 Å². The van der Waals surface area contributed by atoms with E-state index in [1.165, 1.54) is 11.3 Å². The largest absolute Gasteiger partial charge is 0.377 e. The highest BCUT2D eigenvalue weighted by Gasteiger charge is 2.03. The molecule has 0 amide bonds. The Morgan fingerprint density at radius 3 is 2.57 bits per heavy atom. The molecular formula is C11H17N2S+. The summed E-state index contributed by atoms with van der Waals surface area (Å²) in [7, 11) is 8.18. The topological polar surface area (TPSA) is 6.25 Å². The lowest BCUT2D eigenvalue weighted by atomic mass is 10.2. The summed E-state index contributed by atoms with van der Waals surface area (Å²) in [6.45, 7) is 0. The van der Waals surface area contributed by atoms with Gasteiger partial charge in [0.15, 0.2) is 6.21 Å². The van der Waals surface area contributed by atoms with Crippen molar-refractivity contribution in [1.82, 2.24) is 4.90 Å². The average molecular weight is 209 g/mol. The number of rotatable bonds is 3. The third-order valence-electron chi connectivity index (χ3n) is 1.83. The van der Waals surface area contributed by atoms with Crippen LogP contribution < -0.4 is 0 Å². The standard InChI is InChI=1S/C11H17N2S/c1-12(2)7-5-11(13(3)4)10-6-8-14-9-10/h5-9H,1-4H3/q+1. The summed E-state index contributed by atoms with van der Waals surface area (Å²) in [6.07, 6.45) is 4.19. The highest BCUT2D eigenvalue weighted by molar-refractivity contribution is 7.08. The molecule has 0 spiro atoms. The van der Waals surface area contributed by atoms with Crippen LogP contribution in [0.4, 0.5) is 0 Å². The van der Waals surface area contributed by atoms with Gasteiger partial charge in [-0.15, -0.1) is 0 Å². The molecule has 0 aliphatic rings. The highest BCUT2D eigenvalue weighted by Crippen LogP contribution is 2.18. The summed E-state index contributed by atoms with van der Waals surface area (Å²) in [5.41, 5.74) is 2.51. The SMILES string of the molecule is CN(C)/C(=C/C=[N+](C)C)c1ccsc1. The van der Waals surface area contributed by atoms with E-state index in [9.17, 15) is 0 Å². The Morgan fingerprint density at radius 2 is 2.14 bits per heavy atom. The van der Waals surface area contributed by atoms with Gasteiger partial charge in [0.1, 0.15) is 14.1 Å². The Labute approximate surface area is 89.8 Å². The van der Waals surface area contributed by atoms with Gasteiger partial charge in [-0.05, 0) is 11.4 Å². The summed E-state index contributed by atoms with van der Waals surface area (Å²) in [5.74, 6) is 0. The third-order valence-corrected chi connectivity index (χ3v) is 2.51. The van der Waals surface area contributed by atoms with E-state index < -0.39 is 0 Å². The molecule has 0 fully saturated rings. The monoisotopic (exact) mass is 209 g/mol. The minimum atomic E-state index is 1.24. The molecular weight excluding hydrogens is 192 g/mol. The van der Waals surface area contributed by atoms with E-state index in [4.69, 9.17) is 0 Å². The van der Waals surface area contributed by atoms with Gasteiger partial charge in [-0.25, -0.2) is 4.58 Å². The maximum Gasteiger partial charge on any atom is 0.164 e. The lowest BCUT2D eigenvalue weighted by Crippen LogP contribution is -2.10. The van der Waals surface area contributed by atoms with Gasteiger partial charge in [-0.1, -0.05) is 0 Å². The second kappa shape index (κ2) is 4.96. The van der Waals surface area contributed by atoms with E-state index in [0.29, 0.717) is 0 Å². The molecule has 0 radical (unpaired) electrons. The second-order valence-corrected chi connectivity index (χ2v) is 4.35. The maximum atomic E-state index is 2.16. The molecule has 0 N–H and O–H groups in total. The van der Waals surface area contributed by atoms with Crippen molar-refractivity contribution in [3.63, 3.8) is 0 Å². The first kappa shape index (κ1) is 11.0. The zero-order valence-electron chi connectivity index (χ0n) is 9.19. The molecule has 76 valence electrons. The maximum absolute atomic E-state index is 2.16. The van der Waals surface area contributed by atoms with Gasteiger partial charge in [-0.2, -0.15) is 11.3 Å². The van der Waals surface area contributed by atoms with Crippen molar-refractivity contribution in [3.8, 4) is 0 Å². The third kappa shape index (κ3) is 3.00. The number of thiophene rings is 1. The fourth-order valence-electron chi connectivity index (χ4n) is 1.13. The van der Waals surface area contributed by atoms with E-state index in [1.54, 1.807) is 11.3 Å². The highest BCUT2D eigenvalue weighted by atomic mass is 32.1. The van der Waals surface area contributed by atoms with Gasteiger partial charge in [0.2, 0.25) is 0 Å². The van der Waals surface area contributed by atoms with Crippen LogP contribution in [0.15, 0.2) is 22.9 Å². The van der Waals surface area contributed by atoms with Gasteiger partial charge in [0, 0.05) is 31.1 Å². The summed E-state index contributed by atoms with van der Waals surface area (Å²) < 4.78 is 2.04. The molecule has 1 heterocycles. The Morgan fingerprint density at radius 1 is 1.43 bits per heavy atom. The number of allylic oxidation sites excluding steroid dienone is 1. The first-order chi connectivity index (χ1) is 6.61. The molecule has 0 aliphatic carbocycles. The zero-order valence-corrected chi connectivity index (χ0v) is 10.0. The summed E-state index contributed by atoms with van der Waals surface area (Å²) in [4.78, 5) is 2.13. The van der Waals surface area contributed by atoms with Gasteiger partial charge < -0.3 is 4.90 Å². The lowest BCUT2D eigenvalue weighted by molar-refractivity contribution is -0.458. The number of hydrogen-bond donors (Lipinski definition) is 0. The van der Waals surface area contributed by atoms with E-state index in [1.807, 2.05) is 18.7 Å². The molecule has 1 rings (SSSR count). The molecule has 14 heavy (non-hydrogen) atoms. The Hall–Kier alpha value is -1.09. The van der Waals surface area contributed by atoms with Crippen molar-refractivity contribution >= 4 is 23.2 Å². The van der Waals surface area contributed by atoms with E-state index in [2.05, 4.69) is 48.1 Å². The van der Waals surface area contributed by atoms with E-state index in [-0.39, 0.29) is 0 Å². The molecule has 0 bridgehead atoms. The molecule has 1 aromatic heterocycles. The molecule has 3 heteroatoms. The van der Waals surface area contributed by atoms with Crippen LogP contribution in [0.25, 0.3) is 5.70 Å². The fourth-order valence-corrected chi connectivity index (χ4v) is 1.78. The van der Waals surface area contributed by atoms with Crippen LogP contribution >= 0.6 is 11.3 Å². The van der Waals surface area contributed by atoms with Crippen LogP contribution in [0.1, 0.15) is 5.56 Å². The normalized spacial score (nSPS) is 11.3. The zero-order chi connectivity index (χ0) is 10.6. The van der Waals surface area contributed by atoms with Crippen molar-refractivity contribution in [3.05, 3.63) is 28.5 Å². The van der Waals surface area contributed by atoms with Crippen molar-refractivity contribution in [2.24, 2.45) is 0 Å². The lowest BCUT2D eigenvalue weighted by Gasteiger charge is -2.14. The van der Waals surface area contributed by atoms with Crippen LogP contribution in [0.3, 0.4) is 0 Å². The Balaban J connectivity index is 2.97. The molecule has 0 unspecified atom stereocenters. The van der Waals surface area contributed by atoms with E-state index in [0.717, 1.165) is 0 Å².